The van der Waals surface area contributed by atoms with Crippen LogP contribution in [-0.4, -0.2) is 33.9 Å². The van der Waals surface area contributed by atoms with Crippen molar-refractivity contribution in [3.63, 3.8) is 0 Å². The molecule has 0 aliphatic carbocycles. The molecule has 1 aromatic carbocycles. The highest BCUT2D eigenvalue weighted by molar-refractivity contribution is 5.97. The number of hydrogen-bond acceptors (Lipinski definition) is 3. The van der Waals surface area contributed by atoms with Crippen molar-refractivity contribution in [2.24, 2.45) is 5.92 Å². The van der Waals surface area contributed by atoms with E-state index in [2.05, 4.69) is 16.9 Å². The number of likely N-dealkylation sites (tertiary alicyclic amines) is 1. The number of benzene rings is 1. The van der Waals surface area contributed by atoms with Crippen molar-refractivity contribution in [1.29, 1.82) is 0 Å². The van der Waals surface area contributed by atoms with E-state index < -0.39 is 0 Å². The van der Waals surface area contributed by atoms with E-state index in [-0.39, 0.29) is 5.91 Å². The average molecular weight is 297 g/mol. The zero-order valence-electron chi connectivity index (χ0n) is 13.6. The summed E-state index contributed by atoms with van der Waals surface area (Å²) in [6, 6.07) is 5.66. The lowest BCUT2D eigenvalue weighted by Gasteiger charge is -2.20. The Balaban J connectivity index is 1.89. The van der Waals surface area contributed by atoms with Crippen LogP contribution in [0.2, 0.25) is 0 Å². The van der Waals surface area contributed by atoms with Crippen LogP contribution in [0.4, 0.5) is 0 Å². The van der Waals surface area contributed by atoms with Gasteiger partial charge in [0.05, 0.1) is 22.4 Å². The monoisotopic (exact) mass is 297 g/mol. The molecule has 2 heterocycles. The average Bonchev–Trinajstić information content (AvgIpc) is 2.72. The Morgan fingerprint density at radius 3 is 2.59 bits per heavy atom. The van der Waals surface area contributed by atoms with Crippen LogP contribution in [0.25, 0.3) is 11.0 Å². The second-order valence-electron chi connectivity index (χ2n) is 6.43. The number of rotatable bonds is 1. The summed E-state index contributed by atoms with van der Waals surface area (Å²) in [7, 11) is 0. The van der Waals surface area contributed by atoms with Crippen molar-refractivity contribution < 1.29 is 4.79 Å². The molecule has 1 atom stereocenters. The highest BCUT2D eigenvalue weighted by atomic mass is 16.2. The molecule has 1 fully saturated rings. The van der Waals surface area contributed by atoms with Gasteiger partial charge in [-0.15, -0.1) is 0 Å². The SMILES string of the molecule is Cc1nc2ccc(C(=O)N3CCCC(C)CC3)cc2nc1C. The molecular weight excluding hydrogens is 274 g/mol. The van der Waals surface area contributed by atoms with Crippen molar-refractivity contribution in [2.45, 2.75) is 40.0 Å². The lowest BCUT2D eigenvalue weighted by molar-refractivity contribution is 0.0760. The van der Waals surface area contributed by atoms with Gasteiger partial charge in [0, 0.05) is 18.7 Å². The van der Waals surface area contributed by atoms with Gasteiger partial charge in [0.25, 0.3) is 5.91 Å². The predicted octanol–water partition coefficient (Wildman–Crippen LogP) is 3.51. The Kier molecular flexibility index (Phi) is 4.10. The first-order valence-corrected chi connectivity index (χ1v) is 8.09. The first-order valence-electron chi connectivity index (χ1n) is 8.09. The van der Waals surface area contributed by atoms with E-state index in [0.717, 1.165) is 53.9 Å². The predicted molar refractivity (Wildman–Crippen MR) is 87.9 cm³/mol. The van der Waals surface area contributed by atoms with E-state index >= 15 is 0 Å². The smallest absolute Gasteiger partial charge is 0.253 e. The number of aryl methyl sites for hydroxylation is 2. The lowest BCUT2D eigenvalue weighted by Crippen LogP contribution is -2.32. The molecule has 0 radical (unpaired) electrons. The Labute approximate surface area is 131 Å². The molecule has 0 bridgehead atoms. The molecule has 1 aliphatic rings. The van der Waals surface area contributed by atoms with Crippen LogP contribution in [0.5, 0.6) is 0 Å². The third kappa shape index (κ3) is 2.96. The van der Waals surface area contributed by atoms with Gasteiger partial charge in [-0.2, -0.15) is 0 Å². The van der Waals surface area contributed by atoms with Gasteiger partial charge in [-0.1, -0.05) is 6.92 Å². The van der Waals surface area contributed by atoms with Gasteiger partial charge in [0.15, 0.2) is 0 Å². The third-order valence-electron chi connectivity index (χ3n) is 4.63. The van der Waals surface area contributed by atoms with Crippen LogP contribution in [0.15, 0.2) is 18.2 Å². The van der Waals surface area contributed by atoms with Crippen molar-refractivity contribution >= 4 is 16.9 Å². The highest BCUT2D eigenvalue weighted by Gasteiger charge is 2.20. The van der Waals surface area contributed by atoms with Gasteiger partial charge in [-0.25, -0.2) is 9.97 Å². The Bertz CT molecular complexity index is 711. The molecule has 2 aromatic rings. The minimum absolute atomic E-state index is 0.121. The normalized spacial score (nSPS) is 19.2. The summed E-state index contributed by atoms with van der Waals surface area (Å²) in [5.41, 5.74) is 4.23. The number of aromatic nitrogens is 2. The zero-order chi connectivity index (χ0) is 15.7. The summed E-state index contributed by atoms with van der Waals surface area (Å²) >= 11 is 0. The molecule has 1 saturated heterocycles. The Hall–Kier alpha value is -1.97. The topological polar surface area (TPSA) is 46.1 Å². The summed E-state index contributed by atoms with van der Waals surface area (Å²) < 4.78 is 0. The second kappa shape index (κ2) is 6.03. The summed E-state index contributed by atoms with van der Waals surface area (Å²) in [4.78, 5) is 23.8. The van der Waals surface area contributed by atoms with Crippen LogP contribution in [-0.2, 0) is 0 Å². The molecule has 0 saturated carbocycles. The minimum Gasteiger partial charge on any atom is -0.339 e. The fourth-order valence-corrected chi connectivity index (χ4v) is 3.01. The van der Waals surface area contributed by atoms with Gasteiger partial charge in [-0.3, -0.25) is 4.79 Å². The van der Waals surface area contributed by atoms with E-state index in [1.807, 2.05) is 36.9 Å². The number of hydrogen-bond donors (Lipinski definition) is 0. The molecule has 0 spiro atoms. The van der Waals surface area contributed by atoms with Gasteiger partial charge >= 0.3 is 0 Å². The van der Waals surface area contributed by atoms with E-state index in [9.17, 15) is 4.79 Å². The molecular formula is C18H23N3O. The lowest BCUT2D eigenvalue weighted by atomic mass is 10.0. The first kappa shape index (κ1) is 14.9. The molecule has 4 heteroatoms. The molecule has 116 valence electrons. The van der Waals surface area contributed by atoms with Crippen LogP contribution in [0.3, 0.4) is 0 Å². The summed E-state index contributed by atoms with van der Waals surface area (Å²) in [5, 5.41) is 0. The number of amides is 1. The second-order valence-corrected chi connectivity index (χ2v) is 6.43. The summed E-state index contributed by atoms with van der Waals surface area (Å²) in [5.74, 6) is 0.835. The van der Waals surface area contributed by atoms with E-state index in [1.54, 1.807) is 0 Å². The maximum absolute atomic E-state index is 12.7. The van der Waals surface area contributed by atoms with E-state index in [1.165, 1.54) is 6.42 Å². The Morgan fingerprint density at radius 1 is 1.09 bits per heavy atom. The molecule has 3 rings (SSSR count). The van der Waals surface area contributed by atoms with Gasteiger partial charge in [-0.05, 0) is 57.2 Å². The molecule has 1 amide bonds. The van der Waals surface area contributed by atoms with E-state index in [0.29, 0.717) is 5.92 Å². The zero-order valence-corrected chi connectivity index (χ0v) is 13.6. The van der Waals surface area contributed by atoms with Crippen LogP contribution >= 0.6 is 0 Å². The number of nitrogens with zero attached hydrogens (tertiary/aromatic N) is 3. The number of carbonyl (C=O) groups is 1. The fraction of sp³-hybridized carbons (Fsp3) is 0.500. The molecule has 1 aromatic heterocycles. The minimum atomic E-state index is 0.121. The van der Waals surface area contributed by atoms with Crippen molar-refractivity contribution in [3.05, 3.63) is 35.2 Å². The van der Waals surface area contributed by atoms with Gasteiger partial charge in [0.1, 0.15) is 0 Å². The van der Waals surface area contributed by atoms with Crippen molar-refractivity contribution in [1.82, 2.24) is 14.9 Å². The molecule has 1 unspecified atom stereocenters. The van der Waals surface area contributed by atoms with Crippen LogP contribution in [0.1, 0.15) is 47.9 Å². The van der Waals surface area contributed by atoms with Crippen LogP contribution < -0.4 is 0 Å². The largest absolute Gasteiger partial charge is 0.339 e. The van der Waals surface area contributed by atoms with Crippen molar-refractivity contribution in [3.8, 4) is 0 Å². The van der Waals surface area contributed by atoms with Crippen LogP contribution in [0, 0.1) is 19.8 Å². The van der Waals surface area contributed by atoms with E-state index in [4.69, 9.17) is 0 Å². The molecule has 4 nitrogen and oxygen atoms in total. The summed E-state index contributed by atoms with van der Waals surface area (Å²) in [6.45, 7) is 7.90. The maximum atomic E-state index is 12.7. The molecule has 22 heavy (non-hydrogen) atoms. The maximum Gasteiger partial charge on any atom is 0.253 e. The van der Waals surface area contributed by atoms with Gasteiger partial charge in [0.2, 0.25) is 0 Å². The quantitative estimate of drug-likeness (QED) is 0.809. The fourth-order valence-electron chi connectivity index (χ4n) is 3.01. The number of fused-ring (bicyclic) bond motifs is 1. The Morgan fingerprint density at radius 2 is 1.82 bits per heavy atom. The van der Waals surface area contributed by atoms with Gasteiger partial charge < -0.3 is 4.90 Å². The standard InChI is InChI=1S/C18H23N3O/c1-12-5-4-9-21(10-8-12)18(22)15-6-7-16-17(11-15)20-14(3)13(2)19-16/h6-7,11-12H,4-5,8-10H2,1-3H3. The van der Waals surface area contributed by atoms with Crippen molar-refractivity contribution in [2.75, 3.05) is 13.1 Å². The molecule has 0 N–H and O–H groups in total. The highest BCUT2D eigenvalue weighted by Crippen LogP contribution is 2.20. The molecule has 1 aliphatic heterocycles. The summed E-state index contributed by atoms with van der Waals surface area (Å²) in [6.07, 6.45) is 3.40. The third-order valence-corrected chi connectivity index (χ3v) is 4.63. The first-order chi connectivity index (χ1) is 10.5. The number of carbonyl (C=O) groups excluding carboxylic acids is 1.